The number of furan rings is 1. The summed E-state index contributed by atoms with van der Waals surface area (Å²) in [6.45, 7) is 0. The fourth-order valence-corrected chi connectivity index (χ4v) is 1.93. The normalized spacial score (nSPS) is 27.8. The number of Topliss-reactive ketones (excluding diaryl/α,β-unsaturated/α-hetero) is 1. The third-order valence-electron chi connectivity index (χ3n) is 2.71. The third-order valence-corrected chi connectivity index (χ3v) is 2.71. The molecular weight excluding hydrogens is 166 g/mol. The Morgan fingerprint density at radius 2 is 2.38 bits per heavy atom. The number of nitrogens with two attached hydrogens (primary N) is 1. The second-order valence-corrected chi connectivity index (χ2v) is 3.58. The van der Waals surface area contributed by atoms with E-state index in [4.69, 9.17) is 10.2 Å². The molecule has 1 aromatic rings. The summed E-state index contributed by atoms with van der Waals surface area (Å²) in [5.74, 6) is 0.149. The highest BCUT2D eigenvalue weighted by molar-refractivity contribution is 5.98. The monoisotopic (exact) mass is 179 g/mol. The van der Waals surface area contributed by atoms with Crippen LogP contribution in [0.2, 0.25) is 0 Å². The number of carbonyl (C=O) groups excluding carboxylic acids is 1. The third kappa shape index (κ3) is 1.52. The van der Waals surface area contributed by atoms with E-state index in [1.54, 1.807) is 6.07 Å². The topological polar surface area (TPSA) is 56.2 Å². The zero-order chi connectivity index (χ0) is 9.26. The molecule has 1 aliphatic carbocycles. The van der Waals surface area contributed by atoms with E-state index in [-0.39, 0.29) is 17.7 Å². The molecular formula is C10H13NO2. The summed E-state index contributed by atoms with van der Waals surface area (Å²) in [5.41, 5.74) is 6.49. The van der Waals surface area contributed by atoms with Crippen LogP contribution >= 0.6 is 0 Å². The van der Waals surface area contributed by atoms with Crippen molar-refractivity contribution in [1.29, 1.82) is 0 Å². The lowest BCUT2D eigenvalue weighted by Crippen LogP contribution is -2.30. The van der Waals surface area contributed by atoms with Crippen LogP contribution in [0.1, 0.15) is 29.6 Å². The maximum Gasteiger partial charge on any atom is 0.170 e. The second-order valence-electron chi connectivity index (χ2n) is 3.58. The van der Waals surface area contributed by atoms with Gasteiger partial charge >= 0.3 is 0 Å². The SMILES string of the molecule is NC1CCCC1C(=O)c1ccoc1. The van der Waals surface area contributed by atoms with Gasteiger partial charge in [-0.25, -0.2) is 0 Å². The number of ketones is 1. The van der Waals surface area contributed by atoms with Gasteiger partial charge in [-0.2, -0.15) is 0 Å². The molecule has 0 aliphatic heterocycles. The fourth-order valence-electron chi connectivity index (χ4n) is 1.93. The predicted octanol–water partition coefficient (Wildman–Crippen LogP) is 1.59. The van der Waals surface area contributed by atoms with Gasteiger partial charge in [0, 0.05) is 12.0 Å². The number of carbonyl (C=O) groups is 1. The van der Waals surface area contributed by atoms with Crippen LogP contribution in [0.15, 0.2) is 23.0 Å². The van der Waals surface area contributed by atoms with Crippen molar-refractivity contribution in [2.45, 2.75) is 25.3 Å². The summed E-state index contributed by atoms with van der Waals surface area (Å²) in [5, 5.41) is 0. The minimum absolute atomic E-state index is 0.0117. The first-order valence-corrected chi connectivity index (χ1v) is 4.61. The lowest BCUT2D eigenvalue weighted by Gasteiger charge is -2.11. The quantitative estimate of drug-likeness (QED) is 0.701. The molecule has 0 radical (unpaired) electrons. The summed E-state index contributed by atoms with van der Waals surface area (Å²) < 4.78 is 4.87. The van der Waals surface area contributed by atoms with Crippen LogP contribution in [0, 0.1) is 5.92 Å². The van der Waals surface area contributed by atoms with Gasteiger partial charge in [-0.05, 0) is 18.9 Å². The molecule has 2 unspecified atom stereocenters. The summed E-state index contributed by atoms with van der Waals surface area (Å²) in [7, 11) is 0. The van der Waals surface area contributed by atoms with E-state index >= 15 is 0 Å². The van der Waals surface area contributed by atoms with Crippen molar-refractivity contribution in [3.63, 3.8) is 0 Å². The van der Waals surface area contributed by atoms with Gasteiger partial charge in [0.2, 0.25) is 0 Å². The number of hydrogen-bond acceptors (Lipinski definition) is 3. The number of hydrogen-bond donors (Lipinski definition) is 1. The molecule has 0 amide bonds. The van der Waals surface area contributed by atoms with Crippen LogP contribution in [0.3, 0.4) is 0 Å². The minimum atomic E-state index is 0.0117. The molecule has 0 saturated heterocycles. The van der Waals surface area contributed by atoms with Gasteiger partial charge < -0.3 is 10.2 Å². The Hall–Kier alpha value is -1.09. The summed E-state index contributed by atoms with van der Waals surface area (Å²) in [6, 6.07) is 1.75. The molecule has 1 aliphatic rings. The molecule has 0 aromatic carbocycles. The van der Waals surface area contributed by atoms with Crippen molar-refractivity contribution in [3.05, 3.63) is 24.2 Å². The summed E-state index contributed by atoms with van der Waals surface area (Å²) >= 11 is 0. The highest BCUT2D eigenvalue weighted by Gasteiger charge is 2.31. The molecule has 1 heterocycles. The molecule has 0 spiro atoms. The van der Waals surface area contributed by atoms with E-state index in [0.29, 0.717) is 5.56 Å². The van der Waals surface area contributed by atoms with Gasteiger partial charge in [0.15, 0.2) is 5.78 Å². The molecule has 1 saturated carbocycles. The highest BCUT2D eigenvalue weighted by atomic mass is 16.3. The van der Waals surface area contributed by atoms with Crippen molar-refractivity contribution < 1.29 is 9.21 Å². The zero-order valence-electron chi connectivity index (χ0n) is 7.40. The Bertz CT molecular complexity index is 292. The average molecular weight is 179 g/mol. The average Bonchev–Trinajstić information content (AvgIpc) is 2.72. The molecule has 2 rings (SSSR count). The van der Waals surface area contributed by atoms with E-state index in [2.05, 4.69) is 0 Å². The largest absolute Gasteiger partial charge is 0.472 e. The van der Waals surface area contributed by atoms with Crippen LogP contribution in [0.25, 0.3) is 0 Å². The molecule has 13 heavy (non-hydrogen) atoms. The van der Waals surface area contributed by atoms with Crippen molar-refractivity contribution in [2.75, 3.05) is 0 Å². The van der Waals surface area contributed by atoms with Gasteiger partial charge in [0.1, 0.15) is 6.26 Å². The fraction of sp³-hybridized carbons (Fsp3) is 0.500. The van der Waals surface area contributed by atoms with Crippen LogP contribution in [0.5, 0.6) is 0 Å². The first-order valence-electron chi connectivity index (χ1n) is 4.61. The van der Waals surface area contributed by atoms with Gasteiger partial charge in [-0.3, -0.25) is 4.79 Å². The van der Waals surface area contributed by atoms with E-state index in [1.807, 2.05) is 0 Å². The van der Waals surface area contributed by atoms with E-state index < -0.39 is 0 Å². The maximum absolute atomic E-state index is 11.8. The lowest BCUT2D eigenvalue weighted by atomic mass is 9.95. The van der Waals surface area contributed by atoms with Crippen molar-refractivity contribution in [2.24, 2.45) is 11.7 Å². The Labute approximate surface area is 76.9 Å². The zero-order valence-corrected chi connectivity index (χ0v) is 7.40. The Balaban J connectivity index is 2.13. The van der Waals surface area contributed by atoms with E-state index in [1.165, 1.54) is 12.5 Å². The van der Waals surface area contributed by atoms with Crippen LogP contribution in [-0.2, 0) is 0 Å². The molecule has 0 bridgehead atoms. The van der Waals surface area contributed by atoms with Gasteiger partial charge in [0.05, 0.1) is 11.8 Å². The second kappa shape index (κ2) is 3.34. The van der Waals surface area contributed by atoms with Crippen molar-refractivity contribution in [1.82, 2.24) is 0 Å². The van der Waals surface area contributed by atoms with Gasteiger partial charge in [-0.1, -0.05) is 6.42 Å². The molecule has 1 fully saturated rings. The smallest absolute Gasteiger partial charge is 0.170 e. The first kappa shape index (κ1) is 8.51. The lowest BCUT2D eigenvalue weighted by molar-refractivity contribution is 0.0913. The summed E-state index contributed by atoms with van der Waals surface area (Å²) in [6.07, 6.45) is 5.97. The molecule has 3 heteroatoms. The van der Waals surface area contributed by atoms with Crippen LogP contribution < -0.4 is 5.73 Å². The van der Waals surface area contributed by atoms with E-state index in [0.717, 1.165) is 19.3 Å². The first-order chi connectivity index (χ1) is 6.29. The Morgan fingerprint density at radius 1 is 1.54 bits per heavy atom. The van der Waals surface area contributed by atoms with Crippen LogP contribution in [0.4, 0.5) is 0 Å². The maximum atomic E-state index is 11.8. The summed E-state index contributed by atoms with van der Waals surface area (Å²) in [4.78, 5) is 11.8. The minimum Gasteiger partial charge on any atom is -0.472 e. The standard InChI is InChI=1S/C10H13NO2/c11-9-3-1-2-8(9)10(12)7-4-5-13-6-7/h4-6,8-9H,1-3,11H2. The molecule has 70 valence electrons. The molecule has 3 nitrogen and oxygen atoms in total. The van der Waals surface area contributed by atoms with Gasteiger partial charge in [0.25, 0.3) is 0 Å². The Kier molecular flexibility index (Phi) is 2.19. The molecule has 1 aromatic heterocycles. The van der Waals surface area contributed by atoms with Gasteiger partial charge in [-0.15, -0.1) is 0 Å². The predicted molar refractivity (Wildman–Crippen MR) is 48.4 cm³/mol. The Morgan fingerprint density at radius 3 is 2.92 bits per heavy atom. The van der Waals surface area contributed by atoms with Crippen molar-refractivity contribution >= 4 is 5.78 Å². The van der Waals surface area contributed by atoms with Crippen molar-refractivity contribution in [3.8, 4) is 0 Å². The highest BCUT2D eigenvalue weighted by Crippen LogP contribution is 2.27. The number of rotatable bonds is 2. The van der Waals surface area contributed by atoms with Crippen LogP contribution in [-0.4, -0.2) is 11.8 Å². The van der Waals surface area contributed by atoms with E-state index in [9.17, 15) is 4.79 Å². The molecule has 2 atom stereocenters. The molecule has 2 N–H and O–H groups in total.